The zero-order valence-corrected chi connectivity index (χ0v) is 9.46. The quantitative estimate of drug-likeness (QED) is 0.699. The van der Waals surface area contributed by atoms with Crippen LogP contribution in [0.5, 0.6) is 0 Å². The zero-order valence-electron chi connectivity index (χ0n) is 6.62. The third-order valence-corrected chi connectivity index (χ3v) is 1.34. The maximum absolute atomic E-state index is 3.95. The fourth-order valence-electron chi connectivity index (χ4n) is 0.646. The van der Waals surface area contributed by atoms with E-state index in [0.29, 0.717) is 0 Å². The van der Waals surface area contributed by atoms with E-state index in [1.807, 2.05) is 11.9 Å². The van der Waals surface area contributed by atoms with Crippen molar-refractivity contribution in [3.63, 3.8) is 0 Å². The van der Waals surface area contributed by atoms with Gasteiger partial charge in [0, 0.05) is 39.8 Å². The van der Waals surface area contributed by atoms with Crippen molar-refractivity contribution in [3.05, 3.63) is 31.5 Å². The molecule has 0 saturated heterocycles. The van der Waals surface area contributed by atoms with Gasteiger partial charge in [-0.3, -0.25) is 0 Å². The van der Waals surface area contributed by atoms with Gasteiger partial charge in [0.25, 0.3) is 0 Å². The predicted octanol–water partition coefficient (Wildman–Crippen LogP) is 1.15. The molecule has 0 bridgehead atoms. The number of rotatable bonds is 2. The first kappa shape index (κ1) is 11.1. The van der Waals surface area contributed by atoms with E-state index in [1.54, 1.807) is 18.5 Å². The second kappa shape index (κ2) is 5.67. The Morgan fingerprint density at radius 3 is 2.91 bits per heavy atom. The van der Waals surface area contributed by atoms with Gasteiger partial charge in [-0.2, -0.15) is 12.1 Å². The molecule has 0 N–H and O–H groups in total. The first-order valence-corrected chi connectivity index (χ1v) is 3.16. The predicted molar refractivity (Wildman–Crippen MR) is 41.7 cm³/mol. The molecule has 11 heavy (non-hydrogen) atoms. The Balaban J connectivity index is 0.000001000. The van der Waals surface area contributed by atoms with Crippen LogP contribution in [0.1, 0.15) is 0 Å². The summed E-state index contributed by atoms with van der Waals surface area (Å²) in [6, 6.07) is 4.84. The summed E-state index contributed by atoms with van der Waals surface area (Å²) in [5.41, 5.74) is 0.984. The molecule has 0 aliphatic rings. The van der Waals surface area contributed by atoms with Gasteiger partial charge in [0.05, 0.1) is 0 Å². The first-order valence-electron chi connectivity index (χ1n) is 3.16. The molecule has 0 saturated carbocycles. The molecule has 1 rings (SSSR count). The van der Waals surface area contributed by atoms with Crippen molar-refractivity contribution in [3.8, 4) is 0 Å². The third kappa shape index (κ3) is 3.30. The van der Waals surface area contributed by atoms with Gasteiger partial charge < -0.3 is 16.8 Å². The fraction of sp³-hybridized carbons (Fsp3) is 0.250. The second-order valence-corrected chi connectivity index (χ2v) is 2.05. The third-order valence-electron chi connectivity index (χ3n) is 1.34. The largest absolute Gasteiger partial charge is 0.425 e. The van der Waals surface area contributed by atoms with Gasteiger partial charge in [0.1, 0.15) is 0 Å². The van der Waals surface area contributed by atoms with Crippen molar-refractivity contribution >= 4 is 5.69 Å². The summed E-state index contributed by atoms with van der Waals surface area (Å²) in [4.78, 5) is 5.93. The van der Waals surface area contributed by atoms with Crippen LogP contribution in [0, 0.1) is 13.0 Å². The van der Waals surface area contributed by atoms with Crippen LogP contribution in [0.25, 0.3) is 0 Å². The average Bonchev–Trinajstić information content (AvgIpc) is 2.05. The number of hydrogen-bond donors (Lipinski definition) is 0. The van der Waals surface area contributed by atoms with Crippen molar-refractivity contribution in [1.82, 2.24) is 4.98 Å². The van der Waals surface area contributed by atoms with Gasteiger partial charge in [-0.05, 0) is 0 Å². The summed E-state index contributed by atoms with van der Waals surface area (Å²) >= 11 is 0. The molecule has 1 aromatic heterocycles. The van der Waals surface area contributed by atoms with Gasteiger partial charge >= 0.3 is 0 Å². The molecule has 57 valence electrons. The van der Waals surface area contributed by atoms with E-state index < -0.39 is 0 Å². The Kier molecular flexibility index (Phi) is 5.70. The number of aromatic nitrogens is 1. The van der Waals surface area contributed by atoms with Gasteiger partial charge in [0.15, 0.2) is 0 Å². The molecule has 1 heterocycles. The van der Waals surface area contributed by atoms with Crippen LogP contribution in [0.2, 0.25) is 0 Å². The fourth-order valence-corrected chi connectivity index (χ4v) is 0.646. The summed E-state index contributed by atoms with van der Waals surface area (Å²) in [6.07, 6.45) is 3.48. The van der Waals surface area contributed by atoms with Gasteiger partial charge in [0.2, 0.25) is 0 Å². The molecular weight excluding hydrogens is 213 g/mol. The number of nitrogens with zero attached hydrogens (tertiary/aromatic N) is 2. The van der Waals surface area contributed by atoms with Crippen LogP contribution in [0.3, 0.4) is 0 Å². The average molecular weight is 223 g/mol. The van der Waals surface area contributed by atoms with Crippen molar-refractivity contribution in [2.75, 3.05) is 18.5 Å². The minimum Gasteiger partial charge on any atom is -0.425 e. The van der Waals surface area contributed by atoms with Crippen molar-refractivity contribution in [2.24, 2.45) is 0 Å². The van der Waals surface area contributed by atoms with Gasteiger partial charge in [-0.25, -0.2) is 0 Å². The van der Waals surface area contributed by atoms with Crippen molar-refractivity contribution in [1.29, 1.82) is 0 Å². The number of anilines is 1. The SMILES string of the molecule is [CH2-]CN(C)c1[c-]ccnc1.[Y]. The molecule has 0 aliphatic carbocycles. The Morgan fingerprint density at radius 1 is 1.73 bits per heavy atom. The van der Waals surface area contributed by atoms with E-state index in [9.17, 15) is 0 Å². The molecule has 0 amide bonds. The van der Waals surface area contributed by atoms with Crippen LogP contribution >= 0.6 is 0 Å². The van der Waals surface area contributed by atoms with Crippen LogP contribution in [0.15, 0.2) is 18.5 Å². The van der Waals surface area contributed by atoms with E-state index >= 15 is 0 Å². The zero-order chi connectivity index (χ0) is 7.40. The molecular formula is C8H10N2Y-2. The standard InChI is InChI=1S/C8H10N2.Y/c1-3-10(2)8-5-4-6-9-7-8;/h4,6-7H,1,3H2,2H3;/q-2;. The molecule has 1 radical (unpaired) electrons. The number of pyridine rings is 1. The van der Waals surface area contributed by atoms with Crippen LogP contribution < -0.4 is 4.90 Å². The van der Waals surface area contributed by atoms with Crippen LogP contribution in [-0.4, -0.2) is 18.6 Å². The molecule has 0 aromatic carbocycles. The van der Waals surface area contributed by atoms with Gasteiger partial charge in [-0.15, -0.1) is 6.54 Å². The molecule has 1 aromatic rings. The van der Waals surface area contributed by atoms with Crippen molar-refractivity contribution in [2.45, 2.75) is 0 Å². The Morgan fingerprint density at radius 2 is 2.45 bits per heavy atom. The minimum absolute atomic E-state index is 0. The normalized spacial score (nSPS) is 8.55. The molecule has 0 fully saturated rings. The molecule has 0 aliphatic heterocycles. The molecule has 0 unspecified atom stereocenters. The van der Waals surface area contributed by atoms with Crippen LogP contribution in [-0.2, 0) is 32.7 Å². The van der Waals surface area contributed by atoms with Crippen LogP contribution in [0.4, 0.5) is 5.69 Å². The Hall–Kier alpha value is 0.0539. The summed E-state index contributed by atoms with van der Waals surface area (Å²) < 4.78 is 0. The second-order valence-electron chi connectivity index (χ2n) is 2.05. The molecule has 0 spiro atoms. The monoisotopic (exact) mass is 223 g/mol. The summed E-state index contributed by atoms with van der Waals surface area (Å²) in [7, 11) is 1.96. The summed E-state index contributed by atoms with van der Waals surface area (Å²) in [5, 5.41) is 0. The maximum Gasteiger partial charge on any atom is 0.00131 e. The smallest absolute Gasteiger partial charge is 0.00131 e. The van der Waals surface area contributed by atoms with E-state index in [0.717, 1.165) is 12.2 Å². The van der Waals surface area contributed by atoms with E-state index in [-0.39, 0.29) is 32.7 Å². The first-order chi connectivity index (χ1) is 4.84. The Labute approximate surface area is 92.9 Å². The maximum atomic E-state index is 3.95. The Bertz CT molecular complexity index is 189. The summed E-state index contributed by atoms with van der Waals surface area (Å²) in [6.45, 7) is 4.48. The molecule has 2 nitrogen and oxygen atoms in total. The molecule has 0 atom stereocenters. The number of hydrogen-bond acceptors (Lipinski definition) is 2. The summed E-state index contributed by atoms with van der Waals surface area (Å²) in [5.74, 6) is 0. The minimum atomic E-state index is 0. The van der Waals surface area contributed by atoms with E-state index in [2.05, 4.69) is 18.0 Å². The van der Waals surface area contributed by atoms with Gasteiger partial charge in [-0.1, -0.05) is 18.1 Å². The van der Waals surface area contributed by atoms with E-state index in [4.69, 9.17) is 0 Å². The van der Waals surface area contributed by atoms with E-state index in [1.165, 1.54) is 0 Å². The van der Waals surface area contributed by atoms with Crippen molar-refractivity contribution < 1.29 is 32.7 Å². The topological polar surface area (TPSA) is 16.1 Å². The molecule has 3 heteroatoms.